The molecule has 4 atom stereocenters. The number of aromatic nitrogens is 3. The smallest absolute Gasteiger partial charge is 0.326 e. The number of amides is 5. The maximum Gasteiger partial charge on any atom is 0.326 e. The van der Waals surface area contributed by atoms with Gasteiger partial charge in [-0.05, 0) is 18.1 Å². The molecule has 16 heteroatoms. The lowest BCUT2D eigenvalue weighted by Crippen LogP contribution is -2.58. The van der Waals surface area contributed by atoms with Gasteiger partial charge in [0.15, 0.2) is 0 Å². The maximum absolute atomic E-state index is 13.5. The number of carboxylic acid groups (broad SMARTS) is 1. The first kappa shape index (κ1) is 31.3. The molecule has 3 aromatic rings. The van der Waals surface area contributed by atoms with Gasteiger partial charge in [-0.15, -0.1) is 0 Å². The lowest BCUT2D eigenvalue weighted by atomic mass is 10.0. The molecule has 0 fully saturated rings. The first-order valence-electron chi connectivity index (χ1n) is 12.9. The van der Waals surface area contributed by atoms with Crippen molar-refractivity contribution in [2.75, 3.05) is 0 Å². The van der Waals surface area contributed by atoms with Gasteiger partial charge in [0.25, 0.3) is 0 Å². The highest BCUT2D eigenvalue weighted by Crippen LogP contribution is 2.19. The number of para-hydroxylation sites is 1. The molecule has 0 saturated heterocycles. The second-order valence-corrected chi connectivity index (χ2v) is 9.65. The molecule has 42 heavy (non-hydrogen) atoms. The van der Waals surface area contributed by atoms with E-state index in [-0.39, 0.29) is 25.7 Å². The first-order chi connectivity index (χ1) is 19.9. The largest absolute Gasteiger partial charge is 0.480 e. The molecular weight excluding hydrogens is 550 g/mol. The molecule has 2 aromatic heterocycles. The molecule has 3 rings (SSSR count). The van der Waals surface area contributed by atoms with Crippen LogP contribution in [0.25, 0.3) is 10.9 Å². The summed E-state index contributed by atoms with van der Waals surface area (Å²) in [5, 5.41) is 17.6. The van der Waals surface area contributed by atoms with Gasteiger partial charge in [0.05, 0.1) is 18.8 Å². The lowest BCUT2D eigenvalue weighted by molar-refractivity contribution is -0.143. The van der Waals surface area contributed by atoms with E-state index in [1.54, 1.807) is 18.3 Å². The summed E-state index contributed by atoms with van der Waals surface area (Å²) < 4.78 is 0. The van der Waals surface area contributed by atoms with Crippen LogP contribution in [0.1, 0.15) is 30.5 Å². The highest BCUT2D eigenvalue weighted by molar-refractivity contribution is 5.95. The molecule has 5 amide bonds. The molecule has 0 saturated carbocycles. The van der Waals surface area contributed by atoms with Gasteiger partial charge in [-0.2, -0.15) is 0 Å². The monoisotopic (exact) mass is 583 g/mol. The number of aromatic amines is 2. The van der Waals surface area contributed by atoms with E-state index < -0.39 is 66.1 Å². The first-order valence-corrected chi connectivity index (χ1v) is 12.9. The van der Waals surface area contributed by atoms with Crippen LogP contribution in [-0.4, -0.2) is 79.7 Å². The van der Waals surface area contributed by atoms with Gasteiger partial charge in [-0.1, -0.05) is 18.2 Å². The van der Waals surface area contributed by atoms with Crippen molar-refractivity contribution >= 4 is 46.4 Å². The van der Waals surface area contributed by atoms with E-state index in [0.29, 0.717) is 11.3 Å². The van der Waals surface area contributed by atoms with Gasteiger partial charge in [-0.3, -0.25) is 24.0 Å². The quantitative estimate of drug-likeness (QED) is 0.0874. The van der Waals surface area contributed by atoms with Crippen molar-refractivity contribution < 1.29 is 33.9 Å². The molecule has 1 aromatic carbocycles. The summed E-state index contributed by atoms with van der Waals surface area (Å²) >= 11 is 0. The fourth-order valence-electron chi connectivity index (χ4n) is 4.21. The number of hydrogen-bond acceptors (Lipinski definition) is 8. The number of fused-ring (bicyclic) bond motifs is 1. The molecular formula is C26H33N9O7. The number of rotatable bonds is 16. The lowest BCUT2D eigenvalue weighted by Gasteiger charge is -2.25. The predicted octanol–water partition coefficient (Wildman–Crippen LogP) is -2.32. The molecule has 12 N–H and O–H groups in total. The van der Waals surface area contributed by atoms with Gasteiger partial charge in [-0.25, -0.2) is 9.78 Å². The Balaban J connectivity index is 1.87. The molecule has 2 heterocycles. The zero-order valence-corrected chi connectivity index (χ0v) is 22.5. The topological polar surface area (TPSA) is 281 Å². The number of carbonyl (C=O) groups excluding carboxylic acids is 5. The average molecular weight is 584 g/mol. The number of benzene rings is 1. The maximum atomic E-state index is 13.5. The summed E-state index contributed by atoms with van der Waals surface area (Å²) in [6.45, 7) is 0. The minimum atomic E-state index is -1.64. The van der Waals surface area contributed by atoms with E-state index in [4.69, 9.17) is 17.2 Å². The molecule has 0 spiro atoms. The van der Waals surface area contributed by atoms with Crippen LogP contribution >= 0.6 is 0 Å². The summed E-state index contributed by atoms with van der Waals surface area (Å²) in [7, 11) is 0. The Morgan fingerprint density at radius 3 is 2.12 bits per heavy atom. The van der Waals surface area contributed by atoms with Crippen LogP contribution in [0.15, 0.2) is 43.0 Å². The van der Waals surface area contributed by atoms with Crippen LogP contribution in [0.5, 0.6) is 0 Å². The second kappa shape index (κ2) is 14.4. The molecule has 0 aliphatic heterocycles. The van der Waals surface area contributed by atoms with Gasteiger partial charge in [0, 0.05) is 48.3 Å². The Hall–Kier alpha value is -5.25. The SMILES string of the molecule is NC(=O)CCC(N)C(=O)NC(Cc1cnc[nH]1)C(=O)NC(Cc1c[nH]c2ccccc12)C(=O)NC(CC(N)=O)C(=O)O. The highest BCUT2D eigenvalue weighted by atomic mass is 16.4. The molecule has 224 valence electrons. The van der Waals surface area contributed by atoms with Crippen molar-refractivity contribution in [3.8, 4) is 0 Å². The number of nitrogens with zero attached hydrogens (tertiary/aromatic N) is 1. The van der Waals surface area contributed by atoms with Crippen molar-refractivity contribution in [1.82, 2.24) is 30.9 Å². The van der Waals surface area contributed by atoms with E-state index >= 15 is 0 Å². The number of imidazole rings is 1. The molecule has 4 unspecified atom stereocenters. The number of nitrogens with one attached hydrogen (secondary N) is 5. The van der Waals surface area contributed by atoms with E-state index in [0.717, 1.165) is 10.9 Å². The predicted molar refractivity (Wildman–Crippen MR) is 148 cm³/mol. The number of hydrogen-bond donors (Lipinski definition) is 9. The average Bonchev–Trinajstić information content (AvgIpc) is 3.60. The van der Waals surface area contributed by atoms with Crippen LogP contribution in [-0.2, 0) is 41.6 Å². The zero-order valence-electron chi connectivity index (χ0n) is 22.5. The number of H-pyrrole nitrogens is 2. The molecule has 0 radical (unpaired) electrons. The minimum Gasteiger partial charge on any atom is -0.480 e. The Morgan fingerprint density at radius 2 is 1.50 bits per heavy atom. The van der Waals surface area contributed by atoms with Crippen molar-refractivity contribution in [3.63, 3.8) is 0 Å². The Bertz CT molecular complexity index is 1440. The fraction of sp³-hybridized carbons (Fsp3) is 0.346. The number of carboxylic acids is 1. The number of primary amides is 2. The summed E-state index contributed by atoms with van der Waals surface area (Å²) in [6, 6.07) is 1.85. The van der Waals surface area contributed by atoms with Gasteiger partial charge >= 0.3 is 5.97 Å². The summed E-state index contributed by atoms with van der Waals surface area (Å²) in [6.07, 6.45) is 3.46. The summed E-state index contributed by atoms with van der Waals surface area (Å²) in [4.78, 5) is 83.6. The van der Waals surface area contributed by atoms with Crippen molar-refractivity contribution in [3.05, 3.63) is 54.2 Å². The number of aliphatic carboxylic acids is 1. The third-order valence-electron chi connectivity index (χ3n) is 6.40. The fourth-order valence-corrected chi connectivity index (χ4v) is 4.21. The van der Waals surface area contributed by atoms with Crippen molar-refractivity contribution in [2.24, 2.45) is 17.2 Å². The standard InChI is InChI=1S/C26H33N9O7/c27-16(5-6-21(28)36)23(38)33-19(8-14-11-30-12-32-14)25(40)34-18(24(39)35-20(26(41)42)9-22(29)37)7-13-10-31-17-4-2-1-3-15(13)17/h1-4,10-12,16,18-20,31H,5-9,27H2,(H2,28,36)(H2,29,37)(H,30,32)(H,33,38)(H,34,40)(H,35,39)(H,41,42). The van der Waals surface area contributed by atoms with Crippen LogP contribution in [0.2, 0.25) is 0 Å². The van der Waals surface area contributed by atoms with Crippen molar-refractivity contribution in [2.45, 2.75) is 56.3 Å². The van der Waals surface area contributed by atoms with Crippen LogP contribution in [0.4, 0.5) is 0 Å². The van der Waals surface area contributed by atoms with Gasteiger partial charge in [0.1, 0.15) is 18.1 Å². The highest BCUT2D eigenvalue weighted by Gasteiger charge is 2.32. The Labute approximate surface area is 239 Å². The van der Waals surface area contributed by atoms with Gasteiger partial charge < -0.3 is 48.2 Å². The van der Waals surface area contributed by atoms with E-state index in [1.165, 1.54) is 12.5 Å². The Kier molecular flexibility index (Phi) is 10.7. The van der Waals surface area contributed by atoms with Crippen LogP contribution in [0, 0.1) is 0 Å². The molecule has 16 nitrogen and oxygen atoms in total. The van der Waals surface area contributed by atoms with Crippen LogP contribution < -0.4 is 33.2 Å². The number of carbonyl (C=O) groups is 6. The third-order valence-corrected chi connectivity index (χ3v) is 6.40. The van der Waals surface area contributed by atoms with E-state index in [1.807, 2.05) is 12.1 Å². The van der Waals surface area contributed by atoms with Gasteiger partial charge in [0.2, 0.25) is 29.5 Å². The molecule has 0 aliphatic carbocycles. The third kappa shape index (κ3) is 8.88. The second-order valence-electron chi connectivity index (χ2n) is 9.65. The van der Waals surface area contributed by atoms with Crippen molar-refractivity contribution in [1.29, 1.82) is 0 Å². The number of nitrogens with two attached hydrogens (primary N) is 3. The zero-order chi connectivity index (χ0) is 30.8. The Morgan fingerprint density at radius 1 is 0.857 bits per heavy atom. The van der Waals surface area contributed by atoms with E-state index in [9.17, 15) is 33.9 Å². The molecule has 0 aliphatic rings. The normalized spacial score (nSPS) is 13.8. The minimum absolute atomic E-state index is 0.0540. The summed E-state index contributed by atoms with van der Waals surface area (Å²) in [5.74, 6) is -5.51. The van der Waals surface area contributed by atoms with E-state index in [2.05, 4.69) is 30.9 Å². The molecule has 0 bridgehead atoms. The van der Waals surface area contributed by atoms with Crippen LogP contribution in [0.3, 0.4) is 0 Å². The summed E-state index contributed by atoms with van der Waals surface area (Å²) in [5.41, 5.74) is 18.0.